The minimum Gasteiger partial charge on any atom is -0.398 e. The monoisotopic (exact) mass is 247 g/mol. The van der Waals surface area contributed by atoms with Gasteiger partial charge in [0.1, 0.15) is 0 Å². The Balaban J connectivity index is 2.37. The van der Waals surface area contributed by atoms with Crippen molar-refractivity contribution in [2.75, 3.05) is 17.6 Å². The smallest absolute Gasteiger partial charge is 0.150 e. The fourth-order valence-corrected chi connectivity index (χ4v) is 1.89. The predicted octanol–water partition coefficient (Wildman–Crippen LogP) is 3.41. The zero-order valence-electron chi connectivity index (χ0n) is 10.7. The van der Waals surface area contributed by atoms with Gasteiger partial charge in [0.25, 0.3) is 0 Å². The second-order valence-electron chi connectivity index (χ2n) is 4.83. The van der Waals surface area contributed by atoms with E-state index in [0.717, 1.165) is 18.4 Å². The molecule has 3 N–H and O–H groups in total. The molecule has 0 bridgehead atoms. The predicted molar refractivity (Wildman–Crippen MR) is 74.1 cm³/mol. The van der Waals surface area contributed by atoms with E-state index in [4.69, 9.17) is 5.73 Å². The standard InChI is InChI=1S/C14H18FN3/c1-9(2)5-7-18-14-11(15)8-12(16)10-4-3-6-17-13(10)14/h3-4,6,8-9,18H,5,7,16H2,1-2H3. The first-order chi connectivity index (χ1) is 8.59. The van der Waals surface area contributed by atoms with Crippen LogP contribution in [0.2, 0.25) is 0 Å². The topological polar surface area (TPSA) is 50.9 Å². The average Bonchev–Trinajstić information content (AvgIpc) is 2.33. The summed E-state index contributed by atoms with van der Waals surface area (Å²) < 4.78 is 13.9. The zero-order chi connectivity index (χ0) is 13.1. The number of aromatic nitrogens is 1. The number of halogens is 1. The van der Waals surface area contributed by atoms with E-state index in [1.165, 1.54) is 6.07 Å². The van der Waals surface area contributed by atoms with Crippen LogP contribution in [0.15, 0.2) is 24.4 Å². The highest BCUT2D eigenvalue weighted by Gasteiger charge is 2.11. The van der Waals surface area contributed by atoms with E-state index in [-0.39, 0.29) is 5.82 Å². The van der Waals surface area contributed by atoms with Gasteiger partial charge in [-0.1, -0.05) is 13.8 Å². The van der Waals surface area contributed by atoms with Gasteiger partial charge in [0, 0.05) is 23.8 Å². The van der Waals surface area contributed by atoms with E-state index in [2.05, 4.69) is 24.1 Å². The molecule has 1 aromatic heterocycles. The van der Waals surface area contributed by atoms with Gasteiger partial charge in [0.15, 0.2) is 5.82 Å². The van der Waals surface area contributed by atoms with Crippen molar-refractivity contribution in [3.63, 3.8) is 0 Å². The Bertz CT molecular complexity index is 552. The molecule has 0 fully saturated rings. The van der Waals surface area contributed by atoms with Gasteiger partial charge in [-0.05, 0) is 30.5 Å². The molecule has 0 radical (unpaired) electrons. The lowest BCUT2D eigenvalue weighted by molar-refractivity contribution is 0.600. The van der Waals surface area contributed by atoms with Gasteiger partial charge in [-0.3, -0.25) is 4.98 Å². The van der Waals surface area contributed by atoms with Crippen LogP contribution in [0.3, 0.4) is 0 Å². The number of nitrogens with one attached hydrogen (secondary N) is 1. The molecule has 0 unspecified atom stereocenters. The number of nitrogens with two attached hydrogens (primary N) is 1. The van der Waals surface area contributed by atoms with Gasteiger partial charge in [0.05, 0.1) is 11.2 Å². The number of hydrogen-bond acceptors (Lipinski definition) is 3. The molecule has 2 rings (SSSR count). The van der Waals surface area contributed by atoms with Crippen LogP contribution in [0.5, 0.6) is 0 Å². The van der Waals surface area contributed by atoms with Gasteiger partial charge in [-0.2, -0.15) is 0 Å². The van der Waals surface area contributed by atoms with Crippen LogP contribution in [-0.2, 0) is 0 Å². The number of pyridine rings is 1. The van der Waals surface area contributed by atoms with Crippen LogP contribution in [0.25, 0.3) is 10.9 Å². The summed E-state index contributed by atoms with van der Waals surface area (Å²) in [4.78, 5) is 4.22. The van der Waals surface area contributed by atoms with Crippen LogP contribution >= 0.6 is 0 Å². The third-order valence-corrected chi connectivity index (χ3v) is 2.90. The number of rotatable bonds is 4. The summed E-state index contributed by atoms with van der Waals surface area (Å²) in [5.74, 6) is 0.232. The lowest BCUT2D eigenvalue weighted by Gasteiger charge is -2.12. The molecular formula is C14H18FN3. The minimum absolute atomic E-state index is 0.345. The number of benzene rings is 1. The maximum absolute atomic E-state index is 13.9. The van der Waals surface area contributed by atoms with E-state index >= 15 is 0 Å². The van der Waals surface area contributed by atoms with Gasteiger partial charge in [0.2, 0.25) is 0 Å². The number of nitrogen functional groups attached to an aromatic ring is 1. The van der Waals surface area contributed by atoms with Gasteiger partial charge in [-0.15, -0.1) is 0 Å². The Labute approximate surface area is 106 Å². The molecule has 0 aliphatic rings. The lowest BCUT2D eigenvalue weighted by Crippen LogP contribution is -2.08. The molecule has 1 heterocycles. The Morgan fingerprint density at radius 3 is 2.94 bits per heavy atom. The van der Waals surface area contributed by atoms with Crippen molar-refractivity contribution >= 4 is 22.3 Å². The van der Waals surface area contributed by atoms with E-state index in [9.17, 15) is 4.39 Å². The van der Waals surface area contributed by atoms with Crippen LogP contribution in [0.4, 0.5) is 15.8 Å². The lowest BCUT2D eigenvalue weighted by atomic mass is 10.1. The van der Waals surface area contributed by atoms with Crippen molar-refractivity contribution in [2.45, 2.75) is 20.3 Å². The number of fused-ring (bicyclic) bond motifs is 1. The molecule has 1 aromatic carbocycles. The van der Waals surface area contributed by atoms with Crippen molar-refractivity contribution in [1.82, 2.24) is 4.98 Å². The third kappa shape index (κ3) is 2.53. The first-order valence-corrected chi connectivity index (χ1v) is 6.16. The van der Waals surface area contributed by atoms with Crippen LogP contribution < -0.4 is 11.1 Å². The normalized spacial score (nSPS) is 11.1. The Morgan fingerprint density at radius 1 is 1.44 bits per heavy atom. The summed E-state index contributed by atoms with van der Waals surface area (Å²) in [5, 5.41) is 3.90. The maximum Gasteiger partial charge on any atom is 0.150 e. The van der Waals surface area contributed by atoms with Crippen LogP contribution in [0, 0.1) is 11.7 Å². The zero-order valence-corrected chi connectivity index (χ0v) is 10.7. The fraction of sp³-hybridized carbons (Fsp3) is 0.357. The number of anilines is 2. The van der Waals surface area contributed by atoms with Gasteiger partial charge in [-0.25, -0.2) is 4.39 Å². The molecule has 96 valence electrons. The van der Waals surface area contributed by atoms with Crippen LogP contribution in [-0.4, -0.2) is 11.5 Å². The summed E-state index contributed by atoms with van der Waals surface area (Å²) >= 11 is 0. The largest absolute Gasteiger partial charge is 0.398 e. The summed E-state index contributed by atoms with van der Waals surface area (Å²) in [6.07, 6.45) is 2.63. The van der Waals surface area contributed by atoms with E-state index in [1.807, 2.05) is 6.07 Å². The number of nitrogens with zero attached hydrogens (tertiary/aromatic N) is 1. The highest BCUT2D eigenvalue weighted by molar-refractivity contribution is 5.98. The molecular weight excluding hydrogens is 229 g/mol. The minimum atomic E-state index is -0.345. The van der Waals surface area contributed by atoms with Gasteiger partial charge >= 0.3 is 0 Å². The van der Waals surface area contributed by atoms with E-state index in [1.54, 1.807) is 12.3 Å². The van der Waals surface area contributed by atoms with Crippen molar-refractivity contribution in [2.24, 2.45) is 5.92 Å². The van der Waals surface area contributed by atoms with Crippen molar-refractivity contribution in [3.05, 3.63) is 30.2 Å². The van der Waals surface area contributed by atoms with Crippen LogP contribution in [0.1, 0.15) is 20.3 Å². The van der Waals surface area contributed by atoms with E-state index in [0.29, 0.717) is 22.8 Å². The second kappa shape index (κ2) is 5.21. The molecule has 0 aliphatic heterocycles. The SMILES string of the molecule is CC(C)CCNc1c(F)cc(N)c2cccnc12. The molecule has 18 heavy (non-hydrogen) atoms. The fourth-order valence-electron chi connectivity index (χ4n) is 1.89. The molecule has 0 aliphatic carbocycles. The Kier molecular flexibility index (Phi) is 3.65. The molecule has 0 atom stereocenters. The maximum atomic E-state index is 13.9. The molecule has 0 saturated carbocycles. The van der Waals surface area contributed by atoms with Crippen molar-refractivity contribution in [3.8, 4) is 0 Å². The van der Waals surface area contributed by atoms with Crippen molar-refractivity contribution < 1.29 is 4.39 Å². The summed E-state index contributed by atoms with van der Waals surface area (Å²) in [5.41, 5.74) is 7.26. The molecule has 0 amide bonds. The Morgan fingerprint density at radius 2 is 2.22 bits per heavy atom. The molecule has 4 heteroatoms. The highest BCUT2D eigenvalue weighted by Crippen LogP contribution is 2.29. The number of hydrogen-bond donors (Lipinski definition) is 2. The first kappa shape index (κ1) is 12.6. The quantitative estimate of drug-likeness (QED) is 0.814. The summed E-state index contributed by atoms with van der Waals surface area (Å²) in [6, 6.07) is 5.00. The Hall–Kier alpha value is -1.84. The molecule has 0 spiro atoms. The highest BCUT2D eigenvalue weighted by atomic mass is 19.1. The van der Waals surface area contributed by atoms with Gasteiger partial charge < -0.3 is 11.1 Å². The van der Waals surface area contributed by atoms with E-state index < -0.39 is 0 Å². The summed E-state index contributed by atoms with van der Waals surface area (Å²) in [7, 11) is 0. The first-order valence-electron chi connectivity index (χ1n) is 6.16. The molecule has 2 aromatic rings. The molecule has 0 saturated heterocycles. The summed E-state index contributed by atoms with van der Waals surface area (Å²) in [6.45, 7) is 5.00. The third-order valence-electron chi connectivity index (χ3n) is 2.90. The molecule has 3 nitrogen and oxygen atoms in total. The van der Waals surface area contributed by atoms with Crippen molar-refractivity contribution in [1.29, 1.82) is 0 Å². The average molecular weight is 247 g/mol. The second-order valence-corrected chi connectivity index (χ2v) is 4.83.